The molecule has 0 radical (unpaired) electrons. The Morgan fingerprint density at radius 3 is 2.58 bits per heavy atom. The fourth-order valence-electron chi connectivity index (χ4n) is 2.54. The highest BCUT2D eigenvalue weighted by Crippen LogP contribution is 2.36. The Hall–Kier alpha value is -2.44. The summed E-state index contributed by atoms with van der Waals surface area (Å²) in [6.45, 7) is 1.58. The van der Waals surface area contributed by atoms with Gasteiger partial charge in [-0.05, 0) is 38.0 Å². The molecule has 126 valence electrons. The van der Waals surface area contributed by atoms with Crippen molar-refractivity contribution in [2.24, 2.45) is 7.05 Å². The summed E-state index contributed by atoms with van der Waals surface area (Å²) in [6, 6.07) is 5.84. The summed E-state index contributed by atoms with van der Waals surface area (Å²) in [5.41, 5.74) is -1.41. The smallest absolute Gasteiger partial charge is 0.279 e. The van der Waals surface area contributed by atoms with Crippen LogP contribution in [0.1, 0.15) is 19.8 Å². The molecule has 24 heavy (non-hydrogen) atoms. The van der Waals surface area contributed by atoms with E-state index in [4.69, 9.17) is 5.26 Å². The average Bonchev–Trinajstić information content (AvgIpc) is 3.25. The first-order valence-electron chi connectivity index (χ1n) is 7.33. The Morgan fingerprint density at radius 2 is 2.00 bits per heavy atom. The largest absolute Gasteiger partial charge is 0.332 e. The quantitative estimate of drug-likeness (QED) is 0.839. The third kappa shape index (κ3) is 2.64. The summed E-state index contributed by atoms with van der Waals surface area (Å²) in [4.78, 5) is 24.4. The Balaban J connectivity index is 2.24. The molecular formula is C15H16N4O4S. The molecule has 2 aromatic rings. The van der Waals surface area contributed by atoms with E-state index >= 15 is 0 Å². The first-order chi connectivity index (χ1) is 11.2. The number of sulfonamides is 1. The lowest BCUT2D eigenvalue weighted by Gasteiger charge is -2.14. The highest BCUT2D eigenvalue weighted by Gasteiger charge is 2.41. The van der Waals surface area contributed by atoms with E-state index in [0.29, 0.717) is 0 Å². The molecule has 0 saturated heterocycles. The van der Waals surface area contributed by atoms with Crippen molar-refractivity contribution < 1.29 is 8.42 Å². The summed E-state index contributed by atoms with van der Waals surface area (Å²) >= 11 is 0. The number of fused-ring (bicyclic) bond motifs is 1. The lowest BCUT2D eigenvalue weighted by atomic mass is 10.2. The van der Waals surface area contributed by atoms with Crippen molar-refractivity contribution in [3.63, 3.8) is 0 Å². The van der Waals surface area contributed by atoms with Crippen LogP contribution in [0.15, 0.2) is 32.7 Å². The van der Waals surface area contributed by atoms with Crippen molar-refractivity contribution >= 4 is 20.9 Å². The molecule has 1 N–H and O–H groups in total. The van der Waals surface area contributed by atoms with E-state index in [-0.39, 0.29) is 22.3 Å². The zero-order valence-electron chi connectivity index (χ0n) is 13.2. The summed E-state index contributed by atoms with van der Waals surface area (Å²) in [6.07, 6.45) is 1.53. The van der Waals surface area contributed by atoms with Gasteiger partial charge in [-0.1, -0.05) is 0 Å². The fourth-order valence-corrected chi connectivity index (χ4v) is 4.03. The minimum atomic E-state index is -3.76. The van der Waals surface area contributed by atoms with E-state index < -0.39 is 26.8 Å². The second-order valence-corrected chi connectivity index (χ2v) is 7.92. The van der Waals surface area contributed by atoms with Crippen LogP contribution in [0.5, 0.6) is 0 Å². The third-order valence-corrected chi connectivity index (χ3v) is 5.87. The van der Waals surface area contributed by atoms with Gasteiger partial charge in [0.15, 0.2) is 0 Å². The van der Waals surface area contributed by atoms with Gasteiger partial charge in [0, 0.05) is 12.6 Å². The summed E-state index contributed by atoms with van der Waals surface area (Å²) in [7, 11) is -2.47. The minimum absolute atomic E-state index is 0.0395. The topological polar surface area (TPSA) is 114 Å². The molecule has 1 aromatic heterocycles. The maximum Gasteiger partial charge on any atom is 0.332 e. The maximum atomic E-state index is 12.5. The van der Waals surface area contributed by atoms with E-state index in [2.05, 4.69) is 4.72 Å². The van der Waals surface area contributed by atoms with Crippen LogP contribution in [0.25, 0.3) is 10.9 Å². The van der Waals surface area contributed by atoms with Gasteiger partial charge >= 0.3 is 5.69 Å². The van der Waals surface area contributed by atoms with Crippen LogP contribution in [0.3, 0.4) is 0 Å². The first-order valence-corrected chi connectivity index (χ1v) is 8.81. The molecule has 1 aromatic carbocycles. The second-order valence-electron chi connectivity index (χ2n) is 6.24. The van der Waals surface area contributed by atoms with Gasteiger partial charge in [0.2, 0.25) is 10.0 Å². The van der Waals surface area contributed by atoms with Gasteiger partial charge in [0.25, 0.3) is 5.56 Å². The Bertz CT molecular complexity index is 1100. The summed E-state index contributed by atoms with van der Waals surface area (Å²) in [5.74, 6) is 0. The number of nitrogens with one attached hydrogen (secondary N) is 1. The molecule has 1 fully saturated rings. The molecule has 0 aliphatic heterocycles. The number of aromatic nitrogens is 2. The molecule has 0 unspecified atom stereocenters. The standard InChI is InChI=1S/C15H16N4O4S/c1-15(5-6-15)17-24(22,23)10-3-4-12-11(9-10)13(20)18(2)14(21)19(12)8-7-16/h3-4,9,17H,5-6,8H2,1-2H3. The van der Waals surface area contributed by atoms with E-state index in [0.717, 1.165) is 22.0 Å². The minimum Gasteiger partial charge on any atom is -0.279 e. The van der Waals surface area contributed by atoms with E-state index in [9.17, 15) is 18.0 Å². The van der Waals surface area contributed by atoms with E-state index in [1.807, 2.05) is 13.0 Å². The number of hydrogen-bond acceptors (Lipinski definition) is 5. The molecule has 1 aliphatic carbocycles. The molecule has 8 nitrogen and oxygen atoms in total. The molecule has 0 spiro atoms. The van der Waals surface area contributed by atoms with Crippen molar-refractivity contribution in [3.8, 4) is 6.07 Å². The van der Waals surface area contributed by atoms with E-state index in [1.54, 1.807) is 0 Å². The summed E-state index contributed by atoms with van der Waals surface area (Å²) in [5, 5.41) is 8.96. The van der Waals surface area contributed by atoms with Gasteiger partial charge in [0.05, 0.1) is 21.9 Å². The van der Waals surface area contributed by atoms with Crippen molar-refractivity contribution in [3.05, 3.63) is 39.0 Å². The van der Waals surface area contributed by atoms with Crippen LogP contribution < -0.4 is 16.0 Å². The third-order valence-electron chi connectivity index (χ3n) is 4.23. The predicted octanol–water partition coefficient (Wildman–Crippen LogP) is 0.0546. The number of benzene rings is 1. The maximum absolute atomic E-state index is 12.5. The Labute approximate surface area is 138 Å². The zero-order valence-corrected chi connectivity index (χ0v) is 14.1. The number of nitriles is 1. The first kappa shape index (κ1) is 16.4. The molecule has 0 amide bonds. The van der Waals surface area contributed by atoms with Crippen LogP contribution in [-0.2, 0) is 23.6 Å². The lowest BCUT2D eigenvalue weighted by Crippen LogP contribution is -2.38. The van der Waals surface area contributed by atoms with Gasteiger partial charge in [-0.2, -0.15) is 5.26 Å². The van der Waals surface area contributed by atoms with Crippen LogP contribution in [-0.4, -0.2) is 23.1 Å². The van der Waals surface area contributed by atoms with Crippen LogP contribution >= 0.6 is 0 Å². The molecule has 0 bridgehead atoms. The van der Waals surface area contributed by atoms with Crippen LogP contribution in [0, 0.1) is 11.3 Å². The molecule has 3 rings (SSSR count). The van der Waals surface area contributed by atoms with Crippen LogP contribution in [0.4, 0.5) is 0 Å². The lowest BCUT2D eigenvalue weighted by molar-refractivity contribution is 0.558. The normalized spacial score (nSPS) is 16.0. The number of hydrogen-bond donors (Lipinski definition) is 1. The molecular weight excluding hydrogens is 332 g/mol. The molecule has 9 heteroatoms. The summed E-state index contributed by atoms with van der Waals surface area (Å²) < 4.78 is 29.6. The highest BCUT2D eigenvalue weighted by atomic mass is 32.2. The Kier molecular flexibility index (Phi) is 3.62. The van der Waals surface area contributed by atoms with Gasteiger partial charge in [-0.25, -0.2) is 17.9 Å². The fraction of sp³-hybridized carbons (Fsp3) is 0.400. The zero-order chi connectivity index (χ0) is 17.7. The van der Waals surface area contributed by atoms with Crippen molar-refractivity contribution in [2.45, 2.75) is 36.7 Å². The SMILES string of the molecule is Cn1c(=O)c2cc(S(=O)(=O)NC3(C)CC3)ccc2n(CC#N)c1=O. The molecule has 1 heterocycles. The molecule has 1 saturated carbocycles. The van der Waals surface area contributed by atoms with Gasteiger partial charge in [-0.3, -0.25) is 13.9 Å². The number of rotatable bonds is 4. The van der Waals surface area contributed by atoms with Gasteiger partial charge in [0.1, 0.15) is 6.54 Å². The molecule has 0 atom stereocenters. The molecule has 1 aliphatic rings. The number of nitrogens with zero attached hydrogens (tertiary/aromatic N) is 3. The van der Waals surface area contributed by atoms with Crippen LogP contribution in [0.2, 0.25) is 0 Å². The second kappa shape index (κ2) is 5.29. The monoisotopic (exact) mass is 348 g/mol. The van der Waals surface area contributed by atoms with E-state index in [1.165, 1.54) is 25.2 Å². The highest BCUT2D eigenvalue weighted by molar-refractivity contribution is 7.89. The van der Waals surface area contributed by atoms with Crippen molar-refractivity contribution in [1.29, 1.82) is 5.26 Å². The van der Waals surface area contributed by atoms with Gasteiger partial charge < -0.3 is 0 Å². The van der Waals surface area contributed by atoms with Crippen molar-refractivity contribution in [2.75, 3.05) is 0 Å². The average molecular weight is 348 g/mol. The predicted molar refractivity (Wildman–Crippen MR) is 87.0 cm³/mol. The van der Waals surface area contributed by atoms with Gasteiger partial charge in [-0.15, -0.1) is 0 Å². The van der Waals surface area contributed by atoms with Crippen molar-refractivity contribution in [1.82, 2.24) is 13.9 Å². The Morgan fingerprint density at radius 1 is 1.33 bits per heavy atom.